The average Bonchev–Trinajstić information content (AvgIpc) is 2.86. The Morgan fingerprint density at radius 2 is 2.31 bits per heavy atom. The summed E-state index contributed by atoms with van der Waals surface area (Å²) < 4.78 is 0. The molecule has 0 aliphatic rings. The molecule has 3 N–H and O–H groups in total. The summed E-state index contributed by atoms with van der Waals surface area (Å²) >= 11 is 3.44. The van der Waals surface area contributed by atoms with Gasteiger partial charge in [-0.1, -0.05) is 0 Å². The first kappa shape index (κ1) is 11.7. The number of aryl methyl sites for hydroxylation is 2. The maximum Gasteiger partial charge on any atom is 0.0950 e. The molecule has 0 saturated heterocycles. The summed E-state index contributed by atoms with van der Waals surface area (Å²) in [5.41, 5.74) is 5.22. The van der Waals surface area contributed by atoms with E-state index in [1.54, 1.807) is 22.7 Å². The van der Waals surface area contributed by atoms with Crippen LogP contribution in [0.25, 0.3) is 0 Å². The molecule has 2 rings (SSSR count). The fourth-order valence-electron chi connectivity index (χ4n) is 1.55. The SMILES string of the molecule is Cc1nc(CC(NN)c2ccsc2)sc1C. The van der Waals surface area contributed by atoms with Crippen molar-refractivity contribution in [3.63, 3.8) is 0 Å². The monoisotopic (exact) mass is 253 g/mol. The Bertz CT molecular complexity index is 428. The first-order chi connectivity index (χ1) is 7.70. The molecule has 0 saturated carbocycles. The minimum atomic E-state index is 0.163. The molecule has 0 amide bonds. The van der Waals surface area contributed by atoms with Gasteiger partial charge in [-0.15, -0.1) is 11.3 Å². The second-order valence-corrected chi connectivity index (χ2v) is 5.80. The Hall–Kier alpha value is -0.750. The molecule has 2 aromatic heterocycles. The highest BCUT2D eigenvalue weighted by atomic mass is 32.1. The van der Waals surface area contributed by atoms with Crippen molar-refractivity contribution < 1.29 is 0 Å². The van der Waals surface area contributed by atoms with Gasteiger partial charge in [-0.25, -0.2) is 4.98 Å². The lowest BCUT2D eigenvalue weighted by Gasteiger charge is -2.12. The van der Waals surface area contributed by atoms with Crippen LogP contribution in [0.15, 0.2) is 16.8 Å². The molecule has 86 valence electrons. The molecule has 1 atom stereocenters. The number of nitrogens with zero attached hydrogens (tertiary/aromatic N) is 1. The number of hydrazine groups is 1. The van der Waals surface area contributed by atoms with Crippen molar-refractivity contribution in [2.45, 2.75) is 26.3 Å². The summed E-state index contributed by atoms with van der Waals surface area (Å²) in [5.74, 6) is 5.59. The van der Waals surface area contributed by atoms with Crippen LogP contribution < -0.4 is 11.3 Å². The zero-order valence-corrected chi connectivity index (χ0v) is 11.0. The van der Waals surface area contributed by atoms with Crippen molar-refractivity contribution in [1.82, 2.24) is 10.4 Å². The maximum absolute atomic E-state index is 5.59. The van der Waals surface area contributed by atoms with Gasteiger partial charge in [0.15, 0.2) is 0 Å². The summed E-state index contributed by atoms with van der Waals surface area (Å²) in [4.78, 5) is 5.82. The zero-order valence-electron chi connectivity index (χ0n) is 9.36. The second-order valence-electron chi connectivity index (χ2n) is 3.73. The summed E-state index contributed by atoms with van der Waals surface area (Å²) in [6.45, 7) is 4.15. The van der Waals surface area contributed by atoms with Crippen LogP contribution in [0.1, 0.15) is 27.2 Å². The third-order valence-corrected chi connectivity index (χ3v) is 4.39. The van der Waals surface area contributed by atoms with Crippen molar-refractivity contribution in [3.8, 4) is 0 Å². The van der Waals surface area contributed by atoms with Crippen LogP contribution in [0.4, 0.5) is 0 Å². The Balaban J connectivity index is 2.13. The third-order valence-electron chi connectivity index (χ3n) is 2.60. The predicted molar refractivity (Wildman–Crippen MR) is 69.7 cm³/mol. The van der Waals surface area contributed by atoms with Crippen LogP contribution in [-0.4, -0.2) is 4.98 Å². The molecular weight excluding hydrogens is 238 g/mol. The number of nitrogens with two attached hydrogens (primary N) is 1. The molecule has 0 aromatic carbocycles. The lowest BCUT2D eigenvalue weighted by Crippen LogP contribution is -2.29. The fourth-order valence-corrected chi connectivity index (χ4v) is 3.24. The zero-order chi connectivity index (χ0) is 11.5. The van der Waals surface area contributed by atoms with Gasteiger partial charge >= 0.3 is 0 Å². The molecule has 0 fully saturated rings. The molecule has 1 unspecified atom stereocenters. The van der Waals surface area contributed by atoms with Crippen LogP contribution in [0.2, 0.25) is 0 Å². The van der Waals surface area contributed by atoms with Crippen LogP contribution in [-0.2, 0) is 6.42 Å². The minimum Gasteiger partial charge on any atom is -0.271 e. The molecule has 16 heavy (non-hydrogen) atoms. The largest absolute Gasteiger partial charge is 0.271 e. The minimum absolute atomic E-state index is 0.163. The van der Waals surface area contributed by atoms with E-state index in [4.69, 9.17) is 5.84 Å². The van der Waals surface area contributed by atoms with E-state index in [1.165, 1.54) is 10.4 Å². The van der Waals surface area contributed by atoms with Crippen molar-refractivity contribution >= 4 is 22.7 Å². The molecule has 0 aliphatic heterocycles. The van der Waals surface area contributed by atoms with Crippen molar-refractivity contribution in [1.29, 1.82) is 0 Å². The van der Waals surface area contributed by atoms with Crippen molar-refractivity contribution in [2.75, 3.05) is 0 Å². The first-order valence-corrected chi connectivity index (χ1v) is 6.87. The van der Waals surface area contributed by atoms with Gasteiger partial charge in [0.05, 0.1) is 16.7 Å². The quantitative estimate of drug-likeness (QED) is 0.650. The lowest BCUT2D eigenvalue weighted by molar-refractivity contribution is 0.552. The molecule has 0 radical (unpaired) electrons. The Kier molecular flexibility index (Phi) is 3.70. The Morgan fingerprint density at radius 1 is 1.50 bits per heavy atom. The number of hydrogen-bond acceptors (Lipinski definition) is 5. The second kappa shape index (κ2) is 5.05. The smallest absolute Gasteiger partial charge is 0.0950 e. The average molecular weight is 253 g/mol. The van der Waals surface area contributed by atoms with E-state index in [-0.39, 0.29) is 6.04 Å². The van der Waals surface area contributed by atoms with E-state index in [0.29, 0.717) is 0 Å². The molecule has 0 bridgehead atoms. The van der Waals surface area contributed by atoms with Gasteiger partial charge in [0.25, 0.3) is 0 Å². The summed E-state index contributed by atoms with van der Waals surface area (Å²) in [7, 11) is 0. The number of thiophene rings is 1. The van der Waals surface area contributed by atoms with Gasteiger partial charge in [0, 0.05) is 11.3 Å². The molecular formula is C11H15N3S2. The summed E-state index contributed by atoms with van der Waals surface area (Å²) in [6.07, 6.45) is 0.854. The molecule has 0 aliphatic carbocycles. The van der Waals surface area contributed by atoms with Gasteiger partial charge in [-0.2, -0.15) is 11.3 Å². The lowest BCUT2D eigenvalue weighted by atomic mass is 10.1. The van der Waals surface area contributed by atoms with Gasteiger partial charge in [0.2, 0.25) is 0 Å². The van der Waals surface area contributed by atoms with Gasteiger partial charge in [-0.05, 0) is 36.2 Å². The van der Waals surface area contributed by atoms with E-state index in [2.05, 4.69) is 34.2 Å². The summed E-state index contributed by atoms with van der Waals surface area (Å²) in [6, 6.07) is 2.26. The number of aromatic nitrogens is 1. The van der Waals surface area contributed by atoms with Crippen LogP contribution in [0.5, 0.6) is 0 Å². The highest BCUT2D eigenvalue weighted by Crippen LogP contribution is 2.24. The maximum atomic E-state index is 5.59. The molecule has 5 heteroatoms. The topological polar surface area (TPSA) is 50.9 Å². The number of rotatable bonds is 4. The first-order valence-electron chi connectivity index (χ1n) is 5.12. The van der Waals surface area contributed by atoms with Gasteiger partial charge < -0.3 is 0 Å². The normalized spacial score (nSPS) is 12.9. The Labute approximate surface area is 103 Å². The molecule has 2 heterocycles. The van der Waals surface area contributed by atoms with E-state index in [0.717, 1.165) is 17.1 Å². The molecule has 0 spiro atoms. The van der Waals surface area contributed by atoms with E-state index >= 15 is 0 Å². The van der Waals surface area contributed by atoms with E-state index in [9.17, 15) is 0 Å². The fraction of sp³-hybridized carbons (Fsp3) is 0.364. The number of nitrogens with one attached hydrogen (secondary N) is 1. The summed E-state index contributed by atoms with van der Waals surface area (Å²) in [5, 5.41) is 5.33. The number of hydrogen-bond donors (Lipinski definition) is 2. The van der Waals surface area contributed by atoms with Crippen LogP contribution in [0.3, 0.4) is 0 Å². The van der Waals surface area contributed by atoms with E-state index in [1.807, 2.05) is 6.92 Å². The van der Waals surface area contributed by atoms with Crippen LogP contribution in [0, 0.1) is 13.8 Å². The van der Waals surface area contributed by atoms with E-state index < -0.39 is 0 Å². The van der Waals surface area contributed by atoms with Crippen molar-refractivity contribution in [2.24, 2.45) is 5.84 Å². The standard InChI is InChI=1S/C11H15N3S2/c1-7-8(2)16-11(13-7)5-10(14-12)9-3-4-15-6-9/h3-4,6,10,14H,5,12H2,1-2H3. The molecule has 3 nitrogen and oxygen atoms in total. The Morgan fingerprint density at radius 3 is 2.81 bits per heavy atom. The van der Waals surface area contributed by atoms with Crippen molar-refractivity contribution in [3.05, 3.63) is 38.0 Å². The van der Waals surface area contributed by atoms with Crippen LogP contribution >= 0.6 is 22.7 Å². The van der Waals surface area contributed by atoms with Gasteiger partial charge in [0.1, 0.15) is 0 Å². The third kappa shape index (κ3) is 2.49. The van der Waals surface area contributed by atoms with Gasteiger partial charge in [-0.3, -0.25) is 11.3 Å². The molecule has 2 aromatic rings. The predicted octanol–water partition coefficient (Wildman–Crippen LogP) is 2.57. The highest BCUT2D eigenvalue weighted by Gasteiger charge is 2.13. The highest BCUT2D eigenvalue weighted by molar-refractivity contribution is 7.11. The number of thiazole rings is 1.